The van der Waals surface area contributed by atoms with Crippen LogP contribution in [-0.4, -0.2) is 29.8 Å². The zero-order valence-electron chi connectivity index (χ0n) is 10.2. The molecule has 0 amide bonds. The third-order valence-corrected chi connectivity index (χ3v) is 3.14. The number of hydrogen-bond donors (Lipinski definition) is 1. The van der Waals surface area contributed by atoms with Crippen LogP contribution in [0.5, 0.6) is 0 Å². The fraction of sp³-hybridized carbons (Fsp3) is 0.417. The van der Waals surface area contributed by atoms with Crippen LogP contribution in [-0.2, 0) is 0 Å². The minimum atomic E-state index is -0.475. The maximum Gasteiger partial charge on any atom is 0.293 e. The Labute approximate surface area is 110 Å². The minimum Gasteiger partial charge on any atom is -0.379 e. The molecule has 1 N–H and O–H groups in total. The third kappa shape index (κ3) is 4.37. The van der Waals surface area contributed by atoms with Crippen LogP contribution in [0, 0.1) is 10.1 Å². The van der Waals surface area contributed by atoms with E-state index in [0.29, 0.717) is 24.1 Å². The smallest absolute Gasteiger partial charge is 0.293 e. The first-order valence-corrected chi connectivity index (χ1v) is 7.05. The summed E-state index contributed by atoms with van der Waals surface area (Å²) >= 11 is 1.79. The van der Waals surface area contributed by atoms with Gasteiger partial charge in [0.05, 0.1) is 4.92 Å². The second-order valence-corrected chi connectivity index (χ2v) is 4.76. The van der Waals surface area contributed by atoms with Crippen molar-refractivity contribution in [2.24, 2.45) is 0 Å². The molecule has 0 fully saturated rings. The van der Waals surface area contributed by atoms with Crippen molar-refractivity contribution >= 4 is 29.4 Å². The van der Waals surface area contributed by atoms with E-state index in [-0.39, 0.29) is 5.69 Å². The molecule has 0 bridgehead atoms. The van der Waals surface area contributed by atoms with Crippen LogP contribution in [0.15, 0.2) is 18.2 Å². The molecular formula is C12H16N2O3S. The molecule has 0 aliphatic heterocycles. The fourth-order valence-corrected chi connectivity index (χ4v) is 2.01. The monoisotopic (exact) mass is 268 g/mol. The van der Waals surface area contributed by atoms with E-state index in [9.17, 15) is 14.9 Å². The van der Waals surface area contributed by atoms with Crippen molar-refractivity contribution in [3.63, 3.8) is 0 Å². The van der Waals surface area contributed by atoms with E-state index in [1.165, 1.54) is 6.07 Å². The number of nitrogens with zero attached hydrogens (tertiary/aromatic N) is 1. The Hall–Kier alpha value is -1.56. The first-order valence-electron chi connectivity index (χ1n) is 5.65. The number of rotatable bonds is 8. The lowest BCUT2D eigenvalue weighted by Crippen LogP contribution is -2.05. The molecule has 1 aromatic carbocycles. The molecule has 5 nitrogen and oxygen atoms in total. The molecule has 0 radical (unpaired) electrons. The van der Waals surface area contributed by atoms with Gasteiger partial charge in [0.1, 0.15) is 12.0 Å². The van der Waals surface area contributed by atoms with Gasteiger partial charge in [0.15, 0.2) is 0 Å². The molecular weight excluding hydrogens is 252 g/mol. The van der Waals surface area contributed by atoms with Gasteiger partial charge in [0.2, 0.25) is 0 Å². The molecule has 1 rings (SSSR count). The predicted molar refractivity (Wildman–Crippen MR) is 74.6 cm³/mol. The number of carbonyl (C=O) groups excluding carboxylic acids is 1. The molecule has 0 aliphatic rings. The van der Waals surface area contributed by atoms with Gasteiger partial charge >= 0.3 is 0 Å². The number of aldehydes is 1. The average molecular weight is 268 g/mol. The molecule has 0 atom stereocenters. The van der Waals surface area contributed by atoms with E-state index in [0.717, 1.165) is 18.6 Å². The lowest BCUT2D eigenvalue weighted by molar-refractivity contribution is -0.384. The van der Waals surface area contributed by atoms with Crippen molar-refractivity contribution in [2.45, 2.75) is 12.8 Å². The summed E-state index contributed by atoms with van der Waals surface area (Å²) in [4.78, 5) is 21.0. The van der Waals surface area contributed by atoms with Crippen molar-refractivity contribution in [3.8, 4) is 0 Å². The van der Waals surface area contributed by atoms with Gasteiger partial charge in [0.25, 0.3) is 5.69 Å². The summed E-state index contributed by atoms with van der Waals surface area (Å²) in [6, 6.07) is 4.44. The standard InChI is InChI=1S/C12H16N2O3S/c1-18-7-3-2-6-13-11-5-4-10(9-15)8-12(11)14(16)17/h4-5,8-9,13H,2-3,6-7H2,1H3. The number of nitrogens with one attached hydrogen (secondary N) is 1. The molecule has 0 saturated carbocycles. The predicted octanol–water partition coefficient (Wildman–Crippen LogP) is 2.96. The Bertz CT molecular complexity index is 424. The van der Waals surface area contributed by atoms with Crippen LogP contribution in [0.4, 0.5) is 11.4 Å². The van der Waals surface area contributed by atoms with E-state index in [2.05, 4.69) is 11.6 Å². The van der Waals surface area contributed by atoms with Gasteiger partial charge < -0.3 is 5.32 Å². The quantitative estimate of drug-likeness (QED) is 0.339. The SMILES string of the molecule is CSCCCCNc1ccc(C=O)cc1[N+](=O)[O-]. The van der Waals surface area contributed by atoms with Crippen molar-refractivity contribution in [2.75, 3.05) is 23.9 Å². The summed E-state index contributed by atoms with van der Waals surface area (Å²) in [5, 5.41) is 13.9. The normalized spacial score (nSPS) is 10.1. The second-order valence-electron chi connectivity index (χ2n) is 3.78. The first-order chi connectivity index (χ1) is 8.69. The van der Waals surface area contributed by atoms with Crippen molar-refractivity contribution in [1.29, 1.82) is 0 Å². The van der Waals surface area contributed by atoms with E-state index in [4.69, 9.17) is 0 Å². The Morgan fingerprint density at radius 3 is 2.83 bits per heavy atom. The summed E-state index contributed by atoms with van der Waals surface area (Å²) in [5.74, 6) is 1.09. The van der Waals surface area contributed by atoms with Crippen LogP contribution in [0.2, 0.25) is 0 Å². The number of nitro groups is 1. The van der Waals surface area contributed by atoms with Gasteiger partial charge in [-0.1, -0.05) is 0 Å². The van der Waals surface area contributed by atoms with Gasteiger partial charge in [-0.25, -0.2) is 0 Å². The first kappa shape index (κ1) is 14.5. The lowest BCUT2D eigenvalue weighted by atomic mass is 10.2. The second kappa shape index (κ2) is 7.71. The zero-order chi connectivity index (χ0) is 13.4. The Morgan fingerprint density at radius 1 is 1.44 bits per heavy atom. The zero-order valence-corrected chi connectivity index (χ0v) is 11.0. The van der Waals surface area contributed by atoms with Crippen molar-refractivity contribution in [1.82, 2.24) is 0 Å². The highest BCUT2D eigenvalue weighted by molar-refractivity contribution is 7.98. The summed E-state index contributed by atoms with van der Waals surface area (Å²) in [5.41, 5.74) is 0.730. The highest BCUT2D eigenvalue weighted by Gasteiger charge is 2.13. The maximum absolute atomic E-state index is 10.9. The van der Waals surface area contributed by atoms with Crippen LogP contribution in [0.3, 0.4) is 0 Å². The van der Waals surface area contributed by atoms with Gasteiger partial charge in [0, 0.05) is 18.2 Å². The molecule has 0 unspecified atom stereocenters. The molecule has 0 spiro atoms. The molecule has 0 saturated heterocycles. The Kier molecular flexibility index (Phi) is 6.21. The molecule has 98 valence electrons. The number of benzene rings is 1. The summed E-state index contributed by atoms with van der Waals surface area (Å²) in [6.07, 6.45) is 4.70. The largest absolute Gasteiger partial charge is 0.379 e. The topological polar surface area (TPSA) is 72.2 Å². The Morgan fingerprint density at radius 2 is 2.22 bits per heavy atom. The average Bonchev–Trinajstić information content (AvgIpc) is 2.38. The van der Waals surface area contributed by atoms with Crippen LogP contribution in [0.25, 0.3) is 0 Å². The third-order valence-electron chi connectivity index (χ3n) is 2.45. The summed E-state index contributed by atoms with van der Waals surface area (Å²) in [6.45, 7) is 0.696. The van der Waals surface area contributed by atoms with Crippen LogP contribution < -0.4 is 5.32 Å². The number of anilines is 1. The van der Waals surface area contributed by atoms with Gasteiger partial charge in [-0.2, -0.15) is 11.8 Å². The molecule has 18 heavy (non-hydrogen) atoms. The summed E-state index contributed by atoms with van der Waals surface area (Å²) in [7, 11) is 0. The van der Waals surface area contributed by atoms with Crippen molar-refractivity contribution in [3.05, 3.63) is 33.9 Å². The van der Waals surface area contributed by atoms with E-state index in [1.54, 1.807) is 23.9 Å². The van der Waals surface area contributed by atoms with E-state index >= 15 is 0 Å². The number of nitro benzene ring substituents is 1. The number of carbonyl (C=O) groups is 1. The maximum atomic E-state index is 10.9. The molecule has 6 heteroatoms. The lowest BCUT2D eigenvalue weighted by Gasteiger charge is -2.07. The highest BCUT2D eigenvalue weighted by atomic mass is 32.2. The number of unbranched alkanes of at least 4 members (excludes halogenated alkanes) is 1. The molecule has 1 aromatic rings. The van der Waals surface area contributed by atoms with Crippen LogP contribution >= 0.6 is 11.8 Å². The van der Waals surface area contributed by atoms with Gasteiger partial charge in [-0.15, -0.1) is 0 Å². The van der Waals surface area contributed by atoms with Gasteiger partial charge in [-0.3, -0.25) is 14.9 Å². The van der Waals surface area contributed by atoms with Crippen LogP contribution in [0.1, 0.15) is 23.2 Å². The molecule has 0 aromatic heterocycles. The van der Waals surface area contributed by atoms with E-state index in [1.807, 2.05) is 0 Å². The molecule has 0 aliphatic carbocycles. The Balaban J connectivity index is 2.64. The fourth-order valence-electron chi connectivity index (χ4n) is 1.52. The molecule has 0 heterocycles. The van der Waals surface area contributed by atoms with E-state index < -0.39 is 4.92 Å². The number of hydrogen-bond acceptors (Lipinski definition) is 5. The van der Waals surface area contributed by atoms with Crippen molar-refractivity contribution < 1.29 is 9.72 Å². The minimum absolute atomic E-state index is 0.0514. The highest BCUT2D eigenvalue weighted by Crippen LogP contribution is 2.25. The van der Waals surface area contributed by atoms with Gasteiger partial charge in [-0.05, 0) is 37.0 Å². The summed E-state index contributed by atoms with van der Waals surface area (Å²) < 4.78 is 0. The number of thioether (sulfide) groups is 1.